The summed E-state index contributed by atoms with van der Waals surface area (Å²) < 4.78 is 11.5. The van der Waals surface area contributed by atoms with E-state index in [4.69, 9.17) is 21.7 Å². The van der Waals surface area contributed by atoms with E-state index < -0.39 is 23.7 Å². The molecule has 1 aromatic carbocycles. The maximum Gasteiger partial charge on any atom is 0.317 e. The van der Waals surface area contributed by atoms with Crippen LogP contribution in [0.25, 0.3) is 0 Å². The Bertz CT molecular complexity index is 653. The maximum atomic E-state index is 12.2. The van der Waals surface area contributed by atoms with Crippen molar-refractivity contribution in [3.63, 3.8) is 0 Å². The fraction of sp³-hybridized carbons (Fsp3) is 0.385. The number of hydrogen-bond donors (Lipinski definition) is 3. The topological polar surface area (TPSA) is 79.8 Å². The molecule has 2 heterocycles. The van der Waals surface area contributed by atoms with Crippen molar-refractivity contribution in [2.45, 2.75) is 18.7 Å². The first kappa shape index (κ1) is 14.4. The molecule has 2 bridgehead atoms. The lowest BCUT2D eigenvalue weighted by Crippen LogP contribution is -2.70. The fourth-order valence-corrected chi connectivity index (χ4v) is 3.74. The van der Waals surface area contributed by atoms with Gasteiger partial charge in [-0.15, -0.1) is 0 Å². The molecule has 3 unspecified atom stereocenters. The van der Waals surface area contributed by atoms with Crippen LogP contribution in [0, 0.1) is 5.92 Å². The predicted molar refractivity (Wildman–Crippen MR) is 82.0 cm³/mol. The number of carbonyl (C=O) groups excluding carboxylic acids is 1. The summed E-state index contributed by atoms with van der Waals surface area (Å²) in [6, 6.07) is 2.65. The molecule has 1 aromatic rings. The maximum absolute atomic E-state index is 12.2. The molecule has 0 saturated carbocycles. The minimum Gasteiger partial charge on any atom is -0.508 e. The number of phenolic OH excluding ortho intramolecular Hbond substituents is 1. The zero-order chi connectivity index (χ0) is 15.4. The third kappa shape index (κ3) is 2.13. The summed E-state index contributed by atoms with van der Waals surface area (Å²) in [6.45, 7) is 1.75. The molecule has 0 aromatic heterocycles. The Hall–Kier alpha value is -1.54. The lowest BCUT2D eigenvalue weighted by Gasteiger charge is -2.50. The van der Waals surface area contributed by atoms with E-state index in [-0.39, 0.29) is 5.75 Å². The van der Waals surface area contributed by atoms with Gasteiger partial charge in [0.25, 0.3) is 0 Å². The normalized spacial score (nSPS) is 29.6. The summed E-state index contributed by atoms with van der Waals surface area (Å²) in [5, 5.41) is 16.2. The van der Waals surface area contributed by atoms with Gasteiger partial charge >= 0.3 is 5.97 Å². The summed E-state index contributed by atoms with van der Waals surface area (Å²) in [7, 11) is 1.33. The smallest absolute Gasteiger partial charge is 0.317 e. The van der Waals surface area contributed by atoms with Gasteiger partial charge in [0.2, 0.25) is 0 Å². The van der Waals surface area contributed by atoms with E-state index in [1.54, 1.807) is 13.0 Å². The lowest BCUT2D eigenvalue weighted by atomic mass is 9.80. The number of thiocarbonyl (C=S) groups is 1. The van der Waals surface area contributed by atoms with Gasteiger partial charge in [-0.05, 0) is 47.2 Å². The highest BCUT2D eigenvalue weighted by Gasteiger charge is 2.56. The van der Waals surface area contributed by atoms with Crippen molar-refractivity contribution >= 4 is 39.2 Å². The van der Waals surface area contributed by atoms with Crippen LogP contribution in [0.5, 0.6) is 11.5 Å². The van der Waals surface area contributed by atoms with E-state index in [1.165, 1.54) is 13.2 Å². The van der Waals surface area contributed by atoms with Crippen LogP contribution in [0.3, 0.4) is 0 Å². The summed E-state index contributed by atoms with van der Waals surface area (Å²) >= 11 is 8.54. The second-order valence-corrected chi connectivity index (χ2v) is 6.39. The second-order valence-electron chi connectivity index (χ2n) is 5.13. The average Bonchev–Trinajstić information content (AvgIpc) is 2.38. The number of fused-ring (bicyclic) bond motifs is 4. The number of hydrogen-bond acceptors (Lipinski definition) is 5. The van der Waals surface area contributed by atoms with Crippen LogP contribution >= 0.6 is 28.1 Å². The average molecular weight is 373 g/mol. The Morgan fingerprint density at radius 3 is 2.95 bits per heavy atom. The van der Waals surface area contributed by atoms with E-state index in [2.05, 4.69) is 26.6 Å². The first-order chi connectivity index (χ1) is 9.85. The molecule has 21 heavy (non-hydrogen) atoms. The molecule has 1 saturated heterocycles. The summed E-state index contributed by atoms with van der Waals surface area (Å²) in [6.07, 6.45) is 0. The molecule has 3 rings (SSSR count). The summed E-state index contributed by atoms with van der Waals surface area (Å²) in [5.41, 5.74) is -0.370. The Balaban J connectivity index is 2.20. The molecule has 6 nitrogen and oxygen atoms in total. The highest BCUT2D eigenvalue weighted by atomic mass is 79.9. The molecule has 0 radical (unpaired) electrons. The number of nitrogens with one attached hydrogen (secondary N) is 2. The van der Waals surface area contributed by atoms with Crippen molar-refractivity contribution in [3.8, 4) is 11.5 Å². The van der Waals surface area contributed by atoms with Crippen molar-refractivity contribution in [1.29, 1.82) is 0 Å². The van der Waals surface area contributed by atoms with Crippen molar-refractivity contribution in [2.24, 2.45) is 5.92 Å². The lowest BCUT2D eigenvalue weighted by molar-refractivity contribution is -0.159. The number of esters is 1. The molecule has 2 aliphatic heterocycles. The largest absolute Gasteiger partial charge is 0.508 e. The number of halogens is 1. The van der Waals surface area contributed by atoms with Gasteiger partial charge in [-0.3, -0.25) is 4.79 Å². The van der Waals surface area contributed by atoms with Gasteiger partial charge in [0.05, 0.1) is 17.6 Å². The highest BCUT2D eigenvalue weighted by Crippen LogP contribution is 2.49. The van der Waals surface area contributed by atoms with Gasteiger partial charge in [0.1, 0.15) is 17.4 Å². The van der Waals surface area contributed by atoms with Crippen LogP contribution in [0.15, 0.2) is 16.6 Å². The molecule has 0 spiro atoms. The van der Waals surface area contributed by atoms with Crippen LogP contribution in [-0.2, 0) is 9.53 Å². The van der Waals surface area contributed by atoms with Gasteiger partial charge in [-0.2, -0.15) is 0 Å². The van der Waals surface area contributed by atoms with Crippen molar-refractivity contribution < 1.29 is 19.4 Å². The Labute approximate surface area is 134 Å². The van der Waals surface area contributed by atoms with Gasteiger partial charge in [-0.1, -0.05) is 0 Å². The molecular weight excluding hydrogens is 360 g/mol. The minimum absolute atomic E-state index is 0.0719. The monoisotopic (exact) mass is 372 g/mol. The first-order valence-electron chi connectivity index (χ1n) is 6.23. The molecule has 0 aliphatic carbocycles. The predicted octanol–water partition coefficient (Wildman–Crippen LogP) is 1.57. The highest BCUT2D eigenvalue weighted by molar-refractivity contribution is 9.10. The standard InChI is InChI=1S/C13H13BrN2O4S/c1-13-8(11(18)19-2)9(15-12(21)16-13)6-3-5(17)4-7(14)10(6)20-13/h3-4,8-9,17H,1-2H3,(H2,15,16,21). The zero-order valence-electron chi connectivity index (χ0n) is 11.3. The van der Waals surface area contributed by atoms with Crippen LogP contribution < -0.4 is 15.4 Å². The quantitative estimate of drug-likeness (QED) is 0.509. The van der Waals surface area contributed by atoms with Gasteiger partial charge in [0, 0.05) is 5.56 Å². The van der Waals surface area contributed by atoms with Crippen LogP contribution in [0.2, 0.25) is 0 Å². The van der Waals surface area contributed by atoms with Crippen molar-refractivity contribution in [3.05, 3.63) is 22.2 Å². The number of methoxy groups -OCH3 is 1. The van der Waals surface area contributed by atoms with Crippen molar-refractivity contribution in [1.82, 2.24) is 10.6 Å². The van der Waals surface area contributed by atoms with Gasteiger partial charge in [-0.25, -0.2) is 0 Å². The summed E-state index contributed by atoms with van der Waals surface area (Å²) in [4.78, 5) is 12.2. The van der Waals surface area contributed by atoms with E-state index in [1.807, 2.05) is 0 Å². The molecular formula is C13H13BrN2O4S. The Morgan fingerprint density at radius 1 is 1.57 bits per heavy atom. The molecule has 8 heteroatoms. The van der Waals surface area contributed by atoms with Gasteiger partial charge < -0.3 is 25.2 Å². The molecule has 3 atom stereocenters. The number of aromatic hydroxyl groups is 1. The van der Waals surface area contributed by atoms with Crippen molar-refractivity contribution in [2.75, 3.05) is 7.11 Å². The molecule has 112 valence electrons. The molecule has 0 amide bonds. The molecule has 2 aliphatic rings. The third-order valence-electron chi connectivity index (χ3n) is 3.74. The van der Waals surface area contributed by atoms with Crippen LogP contribution in [0.4, 0.5) is 0 Å². The van der Waals surface area contributed by atoms with E-state index in [0.29, 0.717) is 20.9 Å². The third-order valence-corrected chi connectivity index (χ3v) is 4.55. The Kier molecular flexibility index (Phi) is 3.25. The van der Waals surface area contributed by atoms with Crippen LogP contribution in [0.1, 0.15) is 18.5 Å². The second kappa shape index (κ2) is 4.74. The minimum atomic E-state index is -1.02. The number of phenols is 1. The number of carbonyl (C=O) groups is 1. The van der Waals surface area contributed by atoms with E-state index in [0.717, 1.165) is 0 Å². The zero-order valence-corrected chi connectivity index (χ0v) is 13.7. The summed E-state index contributed by atoms with van der Waals surface area (Å²) in [5.74, 6) is -0.434. The Morgan fingerprint density at radius 2 is 2.29 bits per heavy atom. The fourth-order valence-electron chi connectivity index (χ4n) is 2.87. The van der Waals surface area contributed by atoms with Crippen LogP contribution in [-0.4, -0.2) is 29.0 Å². The van der Waals surface area contributed by atoms with Gasteiger partial charge in [0.15, 0.2) is 10.8 Å². The van der Waals surface area contributed by atoms with E-state index >= 15 is 0 Å². The number of ether oxygens (including phenoxy) is 2. The molecule has 1 fully saturated rings. The number of rotatable bonds is 1. The van der Waals surface area contributed by atoms with E-state index in [9.17, 15) is 9.90 Å². The SMILES string of the molecule is COC(=O)C1C2NC(=S)NC1(C)Oc1c(Br)cc(O)cc12. The first-order valence-corrected chi connectivity index (χ1v) is 7.44. The number of benzene rings is 1. The molecule has 3 N–H and O–H groups in total.